The summed E-state index contributed by atoms with van der Waals surface area (Å²) >= 11 is 1.61. The van der Waals surface area contributed by atoms with Crippen LogP contribution in [0.3, 0.4) is 0 Å². The van der Waals surface area contributed by atoms with Crippen LogP contribution in [-0.4, -0.2) is 17.5 Å². The number of nitrogens with zero attached hydrogens (tertiary/aromatic N) is 2. The number of nitrogen functional groups attached to an aromatic ring is 1. The number of anilines is 2. The minimum Gasteiger partial charge on any atom is -0.383 e. The lowest BCUT2D eigenvalue weighted by Gasteiger charge is -2.36. The van der Waals surface area contributed by atoms with Crippen molar-refractivity contribution in [1.29, 1.82) is 0 Å². The lowest BCUT2D eigenvalue weighted by Crippen LogP contribution is -2.38. The molecule has 2 aliphatic rings. The van der Waals surface area contributed by atoms with Crippen molar-refractivity contribution in [2.24, 2.45) is 11.8 Å². The Morgan fingerprint density at radius 1 is 1.24 bits per heavy atom. The summed E-state index contributed by atoms with van der Waals surface area (Å²) in [5.74, 6) is 3.12. The van der Waals surface area contributed by atoms with Crippen molar-refractivity contribution in [3.8, 4) is 0 Å². The first-order valence-electron chi connectivity index (χ1n) is 6.66. The molecule has 1 aliphatic heterocycles. The van der Waals surface area contributed by atoms with E-state index in [-0.39, 0.29) is 0 Å². The Morgan fingerprint density at radius 2 is 2.00 bits per heavy atom. The van der Waals surface area contributed by atoms with Gasteiger partial charge in [-0.1, -0.05) is 13.8 Å². The summed E-state index contributed by atoms with van der Waals surface area (Å²) in [5.41, 5.74) is 7.38. The molecule has 2 atom stereocenters. The molecule has 4 heteroatoms. The third-order valence-corrected chi connectivity index (χ3v) is 5.28. The summed E-state index contributed by atoms with van der Waals surface area (Å²) in [5, 5.41) is 1.36. The van der Waals surface area contributed by atoms with E-state index in [2.05, 4.69) is 23.1 Å². The van der Waals surface area contributed by atoms with Gasteiger partial charge in [0, 0.05) is 18.7 Å². The first-order chi connectivity index (χ1) is 8.16. The van der Waals surface area contributed by atoms with E-state index < -0.39 is 0 Å². The molecule has 2 N–H and O–H groups in total. The molecule has 3 rings (SSSR count). The zero-order valence-corrected chi connectivity index (χ0v) is 11.5. The van der Waals surface area contributed by atoms with Gasteiger partial charge < -0.3 is 10.6 Å². The molecule has 0 bridgehead atoms. The smallest absolute Gasteiger partial charge is 0.142 e. The van der Waals surface area contributed by atoms with E-state index >= 15 is 0 Å². The Balaban J connectivity index is 1.84. The fraction of sp³-hybridized carbons (Fsp3) is 0.769. The highest BCUT2D eigenvalue weighted by atomic mass is 32.1. The van der Waals surface area contributed by atoms with Crippen molar-refractivity contribution < 1.29 is 0 Å². The van der Waals surface area contributed by atoms with E-state index in [0.29, 0.717) is 5.92 Å². The monoisotopic (exact) mass is 251 g/mol. The molecular formula is C13H21N3S. The minimum atomic E-state index is 0.707. The predicted molar refractivity (Wildman–Crippen MR) is 73.7 cm³/mol. The van der Waals surface area contributed by atoms with Crippen molar-refractivity contribution in [3.05, 3.63) is 5.56 Å². The fourth-order valence-electron chi connectivity index (χ4n) is 2.73. The summed E-state index contributed by atoms with van der Waals surface area (Å²) in [6.45, 7) is 7.07. The first kappa shape index (κ1) is 11.3. The third-order valence-electron chi connectivity index (χ3n) is 4.34. The molecular weight excluding hydrogens is 230 g/mol. The molecule has 17 heavy (non-hydrogen) atoms. The van der Waals surface area contributed by atoms with Gasteiger partial charge in [0.1, 0.15) is 10.8 Å². The average Bonchev–Trinajstić information content (AvgIpc) is 3.06. The lowest BCUT2D eigenvalue weighted by molar-refractivity contribution is 0.324. The average molecular weight is 251 g/mol. The lowest BCUT2D eigenvalue weighted by atomic mass is 9.88. The molecule has 2 heterocycles. The van der Waals surface area contributed by atoms with E-state index in [1.807, 2.05) is 0 Å². The second kappa shape index (κ2) is 4.16. The van der Waals surface area contributed by atoms with Gasteiger partial charge in [-0.25, -0.2) is 0 Å². The first-order valence-corrected chi connectivity index (χ1v) is 7.44. The van der Waals surface area contributed by atoms with Crippen LogP contribution in [-0.2, 0) is 0 Å². The van der Waals surface area contributed by atoms with Gasteiger partial charge in [-0.3, -0.25) is 0 Å². The largest absolute Gasteiger partial charge is 0.383 e. The summed E-state index contributed by atoms with van der Waals surface area (Å²) in [6.07, 6.45) is 3.90. The predicted octanol–water partition coefficient (Wildman–Crippen LogP) is 3.09. The molecule has 1 aliphatic carbocycles. The van der Waals surface area contributed by atoms with Crippen LogP contribution in [0.15, 0.2) is 0 Å². The van der Waals surface area contributed by atoms with Gasteiger partial charge in [-0.15, -0.1) is 0 Å². The van der Waals surface area contributed by atoms with Gasteiger partial charge >= 0.3 is 0 Å². The molecule has 0 spiro atoms. The van der Waals surface area contributed by atoms with E-state index in [9.17, 15) is 0 Å². The Bertz CT molecular complexity index is 411. The molecule has 94 valence electrons. The van der Waals surface area contributed by atoms with Crippen LogP contribution in [0.4, 0.5) is 10.8 Å². The molecule has 0 amide bonds. The van der Waals surface area contributed by atoms with Gasteiger partial charge in [0.25, 0.3) is 0 Å². The van der Waals surface area contributed by atoms with Crippen molar-refractivity contribution in [1.82, 2.24) is 4.37 Å². The normalized spacial score (nSPS) is 29.6. The molecule has 2 unspecified atom stereocenters. The molecule has 1 aromatic heterocycles. The van der Waals surface area contributed by atoms with Crippen molar-refractivity contribution in [3.63, 3.8) is 0 Å². The molecule has 2 fully saturated rings. The minimum absolute atomic E-state index is 0.707. The molecule has 1 saturated carbocycles. The Labute approximate surface area is 107 Å². The second-order valence-corrected chi connectivity index (χ2v) is 6.50. The molecule has 1 aromatic rings. The third kappa shape index (κ3) is 2.03. The van der Waals surface area contributed by atoms with Crippen LogP contribution in [0.1, 0.15) is 44.6 Å². The maximum Gasteiger partial charge on any atom is 0.142 e. The quantitative estimate of drug-likeness (QED) is 0.878. The van der Waals surface area contributed by atoms with E-state index in [1.54, 1.807) is 11.5 Å². The summed E-state index contributed by atoms with van der Waals surface area (Å²) in [6, 6.07) is 0. The number of hydrogen-bond donors (Lipinski definition) is 1. The maximum atomic E-state index is 6.02. The van der Waals surface area contributed by atoms with Crippen molar-refractivity contribution in [2.45, 2.75) is 39.0 Å². The highest BCUT2D eigenvalue weighted by Gasteiger charge is 2.34. The van der Waals surface area contributed by atoms with E-state index in [1.165, 1.54) is 42.9 Å². The number of nitrogens with two attached hydrogens (primary N) is 1. The summed E-state index contributed by atoms with van der Waals surface area (Å²) in [7, 11) is 0. The SMILES string of the molecule is CC1CCN(c2snc(N)c2C2CC2)CC1C. The maximum absolute atomic E-state index is 6.02. The summed E-state index contributed by atoms with van der Waals surface area (Å²) in [4.78, 5) is 2.52. The highest BCUT2D eigenvalue weighted by molar-refractivity contribution is 7.10. The van der Waals surface area contributed by atoms with Crippen LogP contribution < -0.4 is 10.6 Å². The van der Waals surface area contributed by atoms with E-state index in [4.69, 9.17) is 5.73 Å². The number of aromatic nitrogens is 1. The Kier molecular flexibility index (Phi) is 2.77. The number of hydrogen-bond acceptors (Lipinski definition) is 4. The van der Waals surface area contributed by atoms with Gasteiger partial charge in [0.05, 0.1) is 0 Å². The van der Waals surface area contributed by atoms with Crippen LogP contribution in [0.5, 0.6) is 0 Å². The molecule has 1 saturated heterocycles. The standard InChI is InChI=1S/C13H21N3S/c1-8-5-6-16(7-9(8)2)13-11(10-3-4-10)12(14)15-17-13/h8-10H,3-7H2,1-2H3,(H2,14,15). The van der Waals surface area contributed by atoms with Gasteiger partial charge in [0.15, 0.2) is 0 Å². The molecule has 0 radical (unpaired) electrons. The topological polar surface area (TPSA) is 42.2 Å². The van der Waals surface area contributed by atoms with Crippen molar-refractivity contribution in [2.75, 3.05) is 23.7 Å². The Hall–Kier alpha value is -0.770. The van der Waals surface area contributed by atoms with Gasteiger partial charge in [0.2, 0.25) is 0 Å². The Morgan fingerprint density at radius 3 is 2.65 bits per heavy atom. The summed E-state index contributed by atoms with van der Waals surface area (Å²) < 4.78 is 4.37. The van der Waals surface area contributed by atoms with Crippen LogP contribution in [0.25, 0.3) is 0 Å². The van der Waals surface area contributed by atoms with Crippen LogP contribution >= 0.6 is 11.5 Å². The van der Waals surface area contributed by atoms with Crippen molar-refractivity contribution >= 4 is 22.4 Å². The van der Waals surface area contributed by atoms with Gasteiger partial charge in [-0.05, 0) is 48.5 Å². The molecule has 3 nitrogen and oxygen atoms in total. The van der Waals surface area contributed by atoms with Gasteiger partial charge in [-0.2, -0.15) is 4.37 Å². The number of piperidine rings is 1. The van der Waals surface area contributed by atoms with Crippen LogP contribution in [0.2, 0.25) is 0 Å². The fourth-order valence-corrected chi connectivity index (χ4v) is 3.67. The second-order valence-electron chi connectivity index (χ2n) is 5.75. The number of rotatable bonds is 2. The van der Waals surface area contributed by atoms with Crippen LogP contribution in [0, 0.1) is 11.8 Å². The van der Waals surface area contributed by atoms with E-state index in [0.717, 1.165) is 17.7 Å². The highest BCUT2D eigenvalue weighted by Crippen LogP contribution is 2.49. The zero-order valence-electron chi connectivity index (χ0n) is 10.6. The molecule has 0 aromatic carbocycles. The zero-order chi connectivity index (χ0) is 12.0.